The number of halogens is 1. The van der Waals surface area contributed by atoms with Crippen molar-refractivity contribution in [2.24, 2.45) is 0 Å². The second kappa shape index (κ2) is 4.50. The van der Waals surface area contributed by atoms with Gasteiger partial charge in [0.2, 0.25) is 0 Å². The van der Waals surface area contributed by atoms with Crippen LogP contribution in [0.4, 0.5) is 15.1 Å². The van der Waals surface area contributed by atoms with Crippen molar-refractivity contribution in [3.05, 3.63) is 40.8 Å². The lowest BCUT2D eigenvalue weighted by atomic mass is 10.2. The lowest BCUT2D eigenvalue weighted by molar-refractivity contribution is 0.0692. The minimum atomic E-state index is -1.11. The molecule has 1 aromatic carbocycles. The number of nitrogens with one attached hydrogen (secondary N) is 1. The average molecular weight is 252 g/mol. The normalized spacial score (nSPS) is 10.2. The van der Waals surface area contributed by atoms with E-state index in [-0.39, 0.29) is 11.5 Å². The van der Waals surface area contributed by atoms with E-state index >= 15 is 0 Å². The Labute approximate surface area is 101 Å². The number of carboxylic acid groups (broad SMARTS) is 1. The van der Waals surface area contributed by atoms with Crippen LogP contribution in [-0.2, 0) is 0 Å². The van der Waals surface area contributed by atoms with Gasteiger partial charge in [-0.1, -0.05) is 6.07 Å². The fraction of sp³-hybridized carbons (Fsp3) is 0.0909. The lowest BCUT2D eigenvalue weighted by Crippen LogP contribution is -2.02. The van der Waals surface area contributed by atoms with Gasteiger partial charge in [-0.25, -0.2) is 14.2 Å². The highest BCUT2D eigenvalue weighted by Gasteiger charge is 2.14. The third-order valence-electron chi connectivity index (χ3n) is 2.29. The quantitative estimate of drug-likeness (QED) is 0.881. The minimum Gasteiger partial charge on any atom is -0.476 e. The number of hydrogen-bond donors (Lipinski definition) is 2. The first-order chi connectivity index (χ1) is 8.09. The predicted molar refractivity (Wildman–Crippen MR) is 63.5 cm³/mol. The number of benzene rings is 1. The summed E-state index contributed by atoms with van der Waals surface area (Å²) >= 11 is 1.16. The second-order valence-electron chi connectivity index (χ2n) is 3.37. The number of hydrogen-bond acceptors (Lipinski definition) is 4. The molecular weight excluding hydrogens is 243 g/mol. The fourth-order valence-corrected chi connectivity index (χ4v) is 2.04. The summed E-state index contributed by atoms with van der Waals surface area (Å²) in [5.74, 6) is -1.45. The highest BCUT2D eigenvalue weighted by molar-refractivity contribution is 7.14. The van der Waals surface area contributed by atoms with Gasteiger partial charge in [0.1, 0.15) is 10.8 Å². The summed E-state index contributed by atoms with van der Waals surface area (Å²) in [6.07, 6.45) is 0. The fourth-order valence-electron chi connectivity index (χ4n) is 1.35. The van der Waals surface area contributed by atoms with Crippen molar-refractivity contribution in [2.75, 3.05) is 5.32 Å². The van der Waals surface area contributed by atoms with Crippen LogP contribution in [0.2, 0.25) is 0 Å². The van der Waals surface area contributed by atoms with Crippen molar-refractivity contribution in [2.45, 2.75) is 6.92 Å². The predicted octanol–water partition coefficient (Wildman–Crippen LogP) is 3.03. The number of carbonyl (C=O) groups is 1. The van der Waals surface area contributed by atoms with Crippen LogP contribution in [0.3, 0.4) is 0 Å². The van der Waals surface area contributed by atoms with E-state index < -0.39 is 5.97 Å². The highest BCUT2D eigenvalue weighted by Crippen LogP contribution is 2.27. The monoisotopic (exact) mass is 252 g/mol. The molecule has 17 heavy (non-hydrogen) atoms. The molecule has 0 amide bonds. The van der Waals surface area contributed by atoms with Gasteiger partial charge in [-0.05, 0) is 19.1 Å². The summed E-state index contributed by atoms with van der Waals surface area (Å²) in [6.45, 7) is 1.62. The summed E-state index contributed by atoms with van der Waals surface area (Å²) < 4.78 is 13.3. The molecular formula is C11H9FN2O2S. The molecule has 2 aromatic rings. The zero-order chi connectivity index (χ0) is 12.4. The summed E-state index contributed by atoms with van der Waals surface area (Å²) in [5.41, 5.74) is 2.35. The van der Waals surface area contributed by atoms with E-state index in [2.05, 4.69) is 10.3 Å². The summed E-state index contributed by atoms with van der Waals surface area (Å²) in [5, 5.41) is 12.2. The summed E-state index contributed by atoms with van der Waals surface area (Å²) in [7, 11) is 0. The maximum Gasteiger partial charge on any atom is 0.357 e. The van der Waals surface area contributed by atoms with Crippen LogP contribution in [0.5, 0.6) is 0 Å². The molecule has 0 saturated heterocycles. The number of anilines is 2. The molecule has 88 valence electrons. The van der Waals surface area contributed by atoms with E-state index in [0.717, 1.165) is 11.3 Å². The summed E-state index contributed by atoms with van der Waals surface area (Å²) in [4.78, 5) is 14.6. The van der Waals surface area contributed by atoms with Gasteiger partial charge < -0.3 is 10.4 Å². The standard InChI is InChI=1S/C11H9FN2O2S/c1-6-7(12)3-2-4-8(6)14-10-9(11(15)16)13-5-17-10/h2-5,14H,1H3,(H,15,16). The van der Waals surface area contributed by atoms with Gasteiger partial charge in [0.25, 0.3) is 0 Å². The molecule has 0 aliphatic rings. The van der Waals surface area contributed by atoms with Crippen LogP contribution >= 0.6 is 11.3 Å². The van der Waals surface area contributed by atoms with Crippen molar-refractivity contribution in [3.8, 4) is 0 Å². The molecule has 2 rings (SSSR count). The third kappa shape index (κ3) is 2.26. The van der Waals surface area contributed by atoms with E-state index in [4.69, 9.17) is 5.11 Å². The van der Waals surface area contributed by atoms with Gasteiger partial charge in [-0.15, -0.1) is 11.3 Å². The van der Waals surface area contributed by atoms with Gasteiger partial charge in [0, 0.05) is 11.3 Å². The van der Waals surface area contributed by atoms with Gasteiger partial charge >= 0.3 is 5.97 Å². The lowest BCUT2D eigenvalue weighted by Gasteiger charge is -2.08. The van der Waals surface area contributed by atoms with Crippen molar-refractivity contribution in [1.82, 2.24) is 4.98 Å². The molecule has 6 heteroatoms. The Morgan fingerprint density at radius 1 is 1.53 bits per heavy atom. The molecule has 0 aliphatic carbocycles. The molecule has 0 unspecified atom stereocenters. The number of nitrogens with zero attached hydrogens (tertiary/aromatic N) is 1. The van der Waals surface area contributed by atoms with Crippen LogP contribution in [-0.4, -0.2) is 16.1 Å². The van der Waals surface area contributed by atoms with Crippen LogP contribution in [0.25, 0.3) is 0 Å². The molecule has 0 aliphatic heterocycles. The van der Waals surface area contributed by atoms with Crippen molar-refractivity contribution >= 4 is 28.0 Å². The maximum absolute atomic E-state index is 13.3. The Balaban J connectivity index is 2.35. The molecule has 0 atom stereocenters. The Morgan fingerprint density at radius 3 is 3.00 bits per heavy atom. The van der Waals surface area contributed by atoms with Gasteiger partial charge in [-0.2, -0.15) is 0 Å². The first kappa shape index (κ1) is 11.5. The zero-order valence-corrected chi connectivity index (χ0v) is 9.71. The highest BCUT2D eigenvalue weighted by atomic mass is 32.1. The van der Waals surface area contributed by atoms with Crippen molar-refractivity contribution in [1.29, 1.82) is 0 Å². The van der Waals surface area contributed by atoms with Crippen LogP contribution < -0.4 is 5.32 Å². The number of aromatic carboxylic acids is 1. The topological polar surface area (TPSA) is 62.2 Å². The second-order valence-corrected chi connectivity index (χ2v) is 4.23. The molecule has 0 spiro atoms. The zero-order valence-electron chi connectivity index (χ0n) is 8.90. The first-order valence-electron chi connectivity index (χ1n) is 4.78. The molecule has 4 nitrogen and oxygen atoms in total. The third-order valence-corrected chi connectivity index (χ3v) is 3.03. The Kier molecular flexibility index (Phi) is 3.06. The summed E-state index contributed by atoms with van der Waals surface area (Å²) in [6, 6.07) is 4.60. The Bertz CT molecular complexity index is 568. The van der Waals surface area contributed by atoms with Crippen LogP contribution in [0, 0.1) is 12.7 Å². The van der Waals surface area contributed by atoms with Gasteiger partial charge in [-0.3, -0.25) is 0 Å². The Morgan fingerprint density at radius 2 is 2.29 bits per heavy atom. The van der Waals surface area contributed by atoms with E-state index in [0.29, 0.717) is 16.3 Å². The van der Waals surface area contributed by atoms with E-state index in [1.807, 2.05) is 0 Å². The molecule has 2 N–H and O–H groups in total. The van der Waals surface area contributed by atoms with E-state index in [1.165, 1.54) is 11.6 Å². The van der Waals surface area contributed by atoms with E-state index in [9.17, 15) is 9.18 Å². The molecule has 0 radical (unpaired) electrons. The molecule has 1 heterocycles. The van der Waals surface area contributed by atoms with Gasteiger partial charge in [0.15, 0.2) is 5.69 Å². The largest absolute Gasteiger partial charge is 0.476 e. The number of carboxylic acids is 1. The van der Waals surface area contributed by atoms with Crippen LogP contribution in [0.15, 0.2) is 23.7 Å². The minimum absolute atomic E-state index is 0.0568. The smallest absolute Gasteiger partial charge is 0.357 e. The molecule has 0 saturated carbocycles. The van der Waals surface area contributed by atoms with Crippen molar-refractivity contribution in [3.63, 3.8) is 0 Å². The molecule has 0 fully saturated rings. The number of thiazole rings is 1. The SMILES string of the molecule is Cc1c(F)cccc1Nc1scnc1C(=O)O. The van der Waals surface area contributed by atoms with Gasteiger partial charge in [0.05, 0.1) is 5.51 Å². The number of aromatic nitrogens is 1. The molecule has 0 bridgehead atoms. The average Bonchev–Trinajstić information content (AvgIpc) is 2.73. The first-order valence-corrected chi connectivity index (χ1v) is 5.66. The molecule has 1 aromatic heterocycles. The van der Waals surface area contributed by atoms with E-state index in [1.54, 1.807) is 19.1 Å². The van der Waals surface area contributed by atoms with Crippen LogP contribution in [0.1, 0.15) is 16.1 Å². The Hall–Kier alpha value is -1.95. The van der Waals surface area contributed by atoms with Crippen molar-refractivity contribution < 1.29 is 14.3 Å². The number of rotatable bonds is 3. The maximum atomic E-state index is 13.3.